The van der Waals surface area contributed by atoms with Crippen LogP contribution in [0.3, 0.4) is 0 Å². The Morgan fingerprint density at radius 3 is 1.78 bits per heavy atom. The summed E-state index contributed by atoms with van der Waals surface area (Å²) in [5.74, 6) is 0.491. The topological polar surface area (TPSA) is 47.7 Å². The van der Waals surface area contributed by atoms with Crippen molar-refractivity contribution in [3.8, 4) is 22.3 Å². The molecule has 0 amide bonds. The summed E-state index contributed by atoms with van der Waals surface area (Å²) in [6.07, 6.45) is 7.86. The Bertz CT molecular complexity index is 2130. The molecular formula is C43H36N2. The van der Waals surface area contributed by atoms with Crippen LogP contribution in [0.2, 0.25) is 0 Å². The molecule has 0 saturated heterocycles. The van der Waals surface area contributed by atoms with Crippen molar-refractivity contribution >= 4 is 49.8 Å². The molecule has 0 radical (unpaired) electrons. The molecular weight excluding hydrogens is 544 g/mol. The van der Waals surface area contributed by atoms with Crippen molar-refractivity contribution in [3.63, 3.8) is 0 Å². The molecule has 2 N–H and O–H groups in total. The van der Waals surface area contributed by atoms with Crippen LogP contribution in [0.5, 0.6) is 0 Å². The highest BCUT2D eigenvalue weighted by Crippen LogP contribution is 2.44. The average Bonchev–Trinajstić information content (AvgIpc) is 3.07. The lowest BCUT2D eigenvalue weighted by Crippen LogP contribution is -1.94. The quantitative estimate of drug-likeness (QED) is 0.0971. The third-order valence-corrected chi connectivity index (χ3v) is 8.54. The molecule has 0 aliphatic carbocycles. The molecule has 2 heteroatoms. The standard InChI is InChI=1S/C43H36N2/c1-5-30(24-25-44)41(45)23-14-29(4)34-21-17-32-18-22-35(27-36(32)26-34)43-39-12-8-6-10-37(39)42(38-11-7-9-13-40(38)43)33-19-15-31(16-20-33)28(2)3/h5-28,44-45H,1,4H2,2-3H3/b23-14-,30-24+,44-25?,45-41?. The Labute approximate surface area is 265 Å². The average molecular weight is 581 g/mol. The fourth-order valence-electron chi connectivity index (χ4n) is 6.12. The minimum Gasteiger partial charge on any atom is -0.309 e. The number of nitrogens with one attached hydrogen (secondary N) is 2. The monoisotopic (exact) mass is 580 g/mol. The van der Waals surface area contributed by atoms with Crippen molar-refractivity contribution in [2.75, 3.05) is 0 Å². The van der Waals surface area contributed by atoms with Gasteiger partial charge in [-0.05, 0) is 101 Å². The van der Waals surface area contributed by atoms with Crippen molar-refractivity contribution in [1.82, 2.24) is 0 Å². The smallest absolute Gasteiger partial charge is 0.0612 e. The van der Waals surface area contributed by atoms with Crippen LogP contribution < -0.4 is 0 Å². The first-order valence-corrected chi connectivity index (χ1v) is 15.3. The Kier molecular flexibility index (Phi) is 8.22. The molecule has 0 aliphatic rings. The Balaban J connectivity index is 1.48. The summed E-state index contributed by atoms with van der Waals surface area (Å²) in [7, 11) is 0. The molecule has 2 nitrogen and oxygen atoms in total. The third kappa shape index (κ3) is 5.71. The van der Waals surface area contributed by atoms with Crippen molar-refractivity contribution in [2.45, 2.75) is 19.8 Å². The predicted molar refractivity (Wildman–Crippen MR) is 197 cm³/mol. The van der Waals surface area contributed by atoms with Gasteiger partial charge in [-0.3, -0.25) is 0 Å². The van der Waals surface area contributed by atoms with Crippen molar-refractivity contribution in [3.05, 3.63) is 163 Å². The van der Waals surface area contributed by atoms with Gasteiger partial charge >= 0.3 is 0 Å². The van der Waals surface area contributed by atoms with Gasteiger partial charge in [-0.2, -0.15) is 0 Å². The van der Waals surface area contributed by atoms with Gasteiger partial charge in [0.1, 0.15) is 0 Å². The van der Waals surface area contributed by atoms with Gasteiger partial charge in [-0.1, -0.05) is 136 Å². The van der Waals surface area contributed by atoms with Gasteiger partial charge in [0.15, 0.2) is 0 Å². The zero-order valence-electron chi connectivity index (χ0n) is 25.8. The summed E-state index contributed by atoms with van der Waals surface area (Å²) in [5, 5.41) is 22.9. The van der Waals surface area contributed by atoms with E-state index < -0.39 is 0 Å². The van der Waals surface area contributed by atoms with Crippen LogP contribution in [0.15, 0.2) is 152 Å². The van der Waals surface area contributed by atoms with Crippen molar-refractivity contribution in [2.24, 2.45) is 0 Å². The number of allylic oxidation sites excluding steroid dienone is 6. The first-order chi connectivity index (χ1) is 21.9. The van der Waals surface area contributed by atoms with Gasteiger partial charge in [0.05, 0.1) is 5.71 Å². The van der Waals surface area contributed by atoms with E-state index in [-0.39, 0.29) is 5.71 Å². The third-order valence-electron chi connectivity index (χ3n) is 8.54. The second-order valence-electron chi connectivity index (χ2n) is 11.7. The predicted octanol–water partition coefficient (Wildman–Crippen LogP) is 12.0. The molecule has 0 aliphatic heterocycles. The van der Waals surface area contributed by atoms with Crippen LogP contribution in [-0.2, 0) is 0 Å². The largest absolute Gasteiger partial charge is 0.309 e. The van der Waals surface area contributed by atoms with Crippen molar-refractivity contribution in [1.29, 1.82) is 10.8 Å². The fourth-order valence-corrected chi connectivity index (χ4v) is 6.12. The van der Waals surface area contributed by atoms with Gasteiger partial charge in [0.2, 0.25) is 0 Å². The molecule has 0 unspecified atom stereocenters. The summed E-state index contributed by atoms with van der Waals surface area (Å²) >= 11 is 0. The molecule has 0 atom stereocenters. The SMILES string of the molecule is C=C/C(=C\C=N)C(=N)/C=C\C(=C)c1ccc2ccc(-c3c4ccccc4c(-c4ccc(C(C)C)cc4)c4ccccc34)cc2c1. The first kappa shape index (κ1) is 29.5. The van der Waals surface area contributed by atoms with E-state index in [1.165, 1.54) is 55.6 Å². The highest BCUT2D eigenvalue weighted by molar-refractivity contribution is 6.21. The maximum atomic E-state index is 8.32. The minimum atomic E-state index is 0.288. The zero-order valence-corrected chi connectivity index (χ0v) is 25.8. The summed E-state index contributed by atoms with van der Waals surface area (Å²) in [4.78, 5) is 0. The van der Waals surface area contributed by atoms with Gasteiger partial charge in [0, 0.05) is 11.8 Å². The fraction of sp³-hybridized carbons (Fsp3) is 0.0698. The van der Waals surface area contributed by atoms with Gasteiger partial charge in [-0.25, -0.2) is 0 Å². The maximum absolute atomic E-state index is 8.32. The van der Waals surface area contributed by atoms with Crippen LogP contribution in [0, 0.1) is 10.8 Å². The van der Waals surface area contributed by atoms with E-state index in [4.69, 9.17) is 10.8 Å². The molecule has 0 saturated carbocycles. The van der Waals surface area contributed by atoms with Crippen LogP contribution in [0.25, 0.3) is 60.1 Å². The summed E-state index contributed by atoms with van der Waals surface area (Å²) in [6, 6.07) is 39.7. The lowest BCUT2D eigenvalue weighted by Gasteiger charge is -2.18. The normalized spacial score (nSPS) is 11.9. The van der Waals surface area contributed by atoms with E-state index in [1.54, 1.807) is 18.2 Å². The summed E-state index contributed by atoms with van der Waals surface area (Å²) < 4.78 is 0. The number of hydrogen-bond acceptors (Lipinski definition) is 2. The Hall–Kier alpha value is -5.60. The van der Waals surface area contributed by atoms with E-state index in [0.717, 1.165) is 21.9 Å². The Morgan fingerprint density at radius 2 is 1.22 bits per heavy atom. The molecule has 45 heavy (non-hydrogen) atoms. The lowest BCUT2D eigenvalue weighted by atomic mass is 9.85. The highest BCUT2D eigenvalue weighted by atomic mass is 14.4. The van der Waals surface area contributed by atoms with Crippen LogP contribution >= 0.6 is 0 Å². The second kappa shape index (κ2) is 12.6. The van der Waals surface area contributed by atoms with Crippen molar-refractivity contribution < 1.29 is 0 Å². The first-order valence-electron chi connectivity index (χ1n) is 15.3. The minimum absolute atomic E-state index is 0.288. The molecule has 0 bridgehead atoms. The molecule has 218 valence electrons. The van der Waals surface area contributed by atoms with Crippen LogP contribution in [-0.4, -0.2) is 11.9 Å². The number of hydrogen-bond donors (Lipinski definition) is 2. The van der Waals surface area contributed by atoms with E-state index in [1.807, 2.05) is 6.08 Å². The van der Waals surface area contributed by atoms with Crippen LogP contribution in [0.1, 0.15) is 30.9 Å². The molecule has 0 spiro atoms. The number of benzene rings is 6. The molecule has 0 heterocycles. The molecule has 0 aromatic heterocycles. The molecule has 0 fully saturated rings. The lowest BCUT2D eigenvalue weighted by molar-refractivity contribution is 0.867. The molecule has 6 rings (SSSR count). The van der Waals surface area contributed by atoms with Crippen LogP contribution in [0.4, 0.5) is 0 Å². The summed E-state index contributed by atoms with van der Waals surface area (Å²) in [5.41, 5.74) is 8.94. The van der Waals surface area contributed by atoms with Gasteiger partial charge in [-0.15, -0.1) is 0 Å². The van der Waals surface area contributed by atoms with E-state index in [2.05, 4.69) is 136 Å². The molecule has 6 aromatic rings. The summed E-state index contributed by atoms with van der Waals surface area (Å²) in [6.45, 7) is 12.5. The second-order valence-corrected chi connectivity index (χ2v) is 11.7. The zero-order chi connectivity index (χ0) is 31.5. The number of fused-ring (bicyclic) bond motifs is 3. The van der Waals surface area contributed by atoms with E-state index >= 15 is 0 Å². The Morgan fingerprint density at radius 1 is 0.667 bits per heavy atom. The van der Waals surface area contributed by atoms with Gasteiger partial charge < -0.3 is 10.8 Å². The highest BCUT2D eigenvalue weighted by Gasteiger charge is 2.17. The molecule has 6 aromatic carbocycles. The van der Waals surface area contributed by atoms with Gasteiger partial charge in [0.25, 0.3) is 0 Å². The maximum Gasteiger partial charge on any atom is 0.0612 e. The van der Waals surface area contributed by atoms with E-state index in [0.29, 0.717) is 11.5 Å². The number of rotatable bonds is 9. The van der Waals surface area contributed by atoms with E-state index in [9.17, 15) is 0 Å².